The molecule has 0 aliphatic heterocycles. The number of allylic oxidation sites excluding steroid dienone is 2. The molecule has 0 aromatic rings. The van der Waals surface area contributed by atoms with Crippen molar-refractivity contribution < 1.29 is 9.90 Å². The number of hydrogen-bond acceptors (Lipinski definition) is 4. The van der Waals surface area contributed by atoms with Crippen LogP contribution in [0.25, 0.3) is 0 Å². The minimum atomic E-state index is -0.240. The largest absolute Gasteiger partial charge is 0.506 e. The second kappa shape index (κ2) is 2.06. The third-order valence-corrected chi connectivity index (χ3v) is 1.35. The molecule has 0 radical (unpaired) electrons. The van der Waals surface area contributed by atoms with Crippen LogP contribution in [0.5, 0.6) is 0 Å². The van der Waals surface area contributed by atoms with Gasteiger partial charge < -0.3 is 16.6 Å². The van der Waals surface area contributed by atoms with Gasteiger partial charge in [-0.1, -0.05) is 0 Å². The van der Waals surface area contributed by atoms with Gasteiger partial charge in [0.05, 0.1) is 0 Å². The van der Waals surface area contributed by atoms with Crippen LogP contribution in [-0.2, 0) is 4.79 Å². The highest BCUT2D eigenvalue weighted by molar-refractivity contribution is 5.97. The van der Waals surface area contributed by atoms with Crippen LogP contribution in [0.4, 0.5) is 0 Å². The molecule has 54 valence electrons. The lowest BCUT2D eigenvalue weighted by Crippen LogP contribution is -2.22. The Morgan fingerprint density at radius 1 is 1.40 bits per heavy atom. The Hall–Kier alpha value is -1.45. The van der Waals surface area contributed by atoms with Crippen molar-refractivity contribution in [1.29, 1.82) is 0 Å². The van der Waals surface area contributed by atoms with Crippen LogP contribution in [0.3, 0.4) is 0 Å². The van der Waals surface area contributed by atoms with Crippen molar-refractivity contribution in [2.45, 2.75) is 6.42 Å². The summed E-state index contributed by atoms with van der Waals surface area (Å²) < 4.78 is 0. The number of ketones is 1. The van der Waals surface area contributed by atoms with Crippen molar-refractivity contribution in [1.82, 2.24) is 0 Å². The number of Topliss-reactive ketones (excluding diaryl/α,β-unsaturated/α-hetero) is 1. The van der Waals surface area contributed by atoms with E-state index in [0.717, 1.165) is 0 Å². The zero-order valence-corrected chi connectivity index (χ0v) is 5.29. The summed E-state index contributed by atoms with van der Waals surface area (Å²) in [5.41, 5.74) is 10.4. The standard InChI is InChI=1S/C6H8N2O2/c7-5-3(9)1-2-4(10)6(5)8/h1,9H,2,7-8H2. The normalized spacial score (nSPS) is 19.2. The number of nitrogens with two attached hydrogens (primary N) is 2. The van der Waals surface area contributed by atoms with Crippen LogP contribution in [-0.4, -0.2) is 10.9 Å². The van der Waals surface area contributed by atoms with Gasteiger partial charge in [-0.05, 0) is 6.08 Å². The summed E-state index contributed by atoms with van der Waals surface area (Å²) in [5, 5.41) is 8.91. The fourth-order valence-electron chi connectivity index (χ4n) is 0.697. The van der Waals surface area contributed by atoms with Crippen molar-refractivity contribution >= 4 is 5.78 Å². The Labute approximate surface area is 57.8 Å². The van der Waals surface area contributed by atoms with Gasteiger partial charge in [-0.15, -0.1) is 0 Å². The quantitative estimate of drug-likeness (QED) is 0.424. The second-order valence-electron chi connectivity index (χ2n) is 2.04. The first-order valence-corrected chi connectivity index (χ1v) is 2.81. The van der Waals surface area contributed by atoms with Crippen molar-refractivity contribution in [3.63, 3.8) is 0 Å². The molecule has 0 atom stereocenters. The number of carbonyl (C=O) groups excluding carboxylic acids is 1. The molecule has 1 aliphatic rings. The summed E-state index contributed by atoms with van der Waals surface area (Å²) in [6, 6.07) is 0. The molecule has 10 heavy (non-hydrogen) atoms. The van der Waals surface area contributed by atoms with E-state index in [1.807, 2.05) is 0 Å². The van der Waals surface area contributed by atoms with E-state index in [0.29, 0.717) is 0 Å². The lowest BCUT2D eigenvalue weighted by Gasteiger charge is -2.09. The third-order valence-electron chi connectivity index (χ3n) is 1.35. The molecule has 4 nitrogen and oxygen atoms in total. The van der Waals surface area contributed by atoms with E-state index in [-0.39, 0.29) is 29.4 Å². The molecule has 0 bridgehead atoms. The lowest BCUT2D eigenvalue weighted by atomic mass is 10.1. The first-order chi connectivity index (χ1) is 4.63. The fourth-order valence-corrected chi connectivity index (χ4v) is 0.697. The molecule has 0 aromatic carbocycles. The van der Waals surface area contributed by atoms with Crippen molar-refractivity contribution in [2.24, 2.45) is 11.5 Å². The van der Waals surface area contributed by atoms with Crippen LogP contribution < -0.4 is 11.5 Å². The highest BCUT2D eigenvalue weighted by Crippen LogP contribution is 2.12. The Kier molecular flexibility index (Phi) is 1.37. The number of hydrogen-bond donors (Lipinski definition) is 3. The van der Waals surface area contributed by atoms with Gasteiger partial charge in [0.25, 0.3) is 0 Å². The molecule has 1 aliphatic carbocycles. The molecule has 4 heteroatoms. The third kappa shape index (κ3) is 0.834. The maximum Gasteiger partial charge on any atom is 0.184 e. The first-order valence-electron chi connectivity index (χ1n) is 2.81. The molecule has 0 spiro atoms. The van der Waals surface area contributed by atoms with Gasteiger partial charge in [0.1, 0.15) is 17.2 Å². The fraction of sp³-hybridized carbons (Fsp3) is 0.167. The summed E-state index contributed by atoms with van der Waals surface area (Å²) in [5.74, 6) is -0.340. The summed E-state index contributed by atoms with van der Waals surface area (Å²) in [4.78, 5) is 10.7. The number of aliphatic hydroxyl groups is 1. The molecular weight excluding hydrogens is 132 g/mol. The van der Waals surface area contributed by atoms with Crippen LogP contribution in [0.2, 0.25) is 0 Å². The summed E-state index contributed by atoms with van der Waals surface area (Å²) in [6.07, 6.45) is 1.48. The molecule has 0 heterocycles. The lowest BCUT2D eigenvalue weighted by molar-refractivity contribution is -0.115. The maximum atomic E-state index is 10.7. The van der Waals surface area contributed by atoms with Gasteiger partial charge in [-0.2, -0.15) is 0 Å². The minimum absolute atomic E-state index is 0.0174. The van der Waals surface area contributed by atoms with Gasteiger partial charge in [0, 0.05) is 6.42 Å². The van der Waals surface area contributed by atoms with Crippen LogP contribution in [0, 0.1) is 0 Å². The molecule has 0 fully saturated rings. The molecule has 0 saturated heterocycles. The molecular formula is C6H8N2O2. The number of rotatable bonds is 0. The van der Waals surface area contributed by atoms with E-state index < -0.39 is 0 Å². The van der Waals surface area contributed by atoms with E-state index in [1.54, 1.807) is 0 Å². The van der Waals surface area contributed by atoms with Gasteiger partial charge >= 0.3 is 0 Å². The van der Waals surface area contributed by atoms with E-state index in [4.69, 9.17) is 16.6 Å². The van der Waals surface area contributed by atoms with E-state index >= 15 is 0 Å². The van der Waals surface area contributed by atoms with E-state index in [1.165, 1.54) is 6.08 Å². The number of carbonyl (C=O) groups is 1. The SMILES string of the molecule is NC1=C(N)C(O)=CCC1=O. The van der Waals surface area contributed by atoms with Crippen LogP contribution >= 0.6 is 0 Å². The smallest absolute Gasteiger partial charge is 0.184 e. The van der Waals surface area contributed by atoms with Crippen LogP contribution in [0.15, 0.2) is 23.2 Å². The summed E-state index contributed by atoms with van der Waals surface area (Å²) >= 11 is 0. The molecule has 0 aromatic heterocycles. The molecule has 0 amide bonds. The first kappa shape index (κ1) is 6.67. The van der Waals surface area contributed by atoms with Crippen molar-refractivity contribution in [2.75, 3.05) is 0 Å². The Balaban J connectivity index is 3.06. The zero-order chi connectivity index (χ0) is 7.72. The van der Waals surface area contributed by atoms with Crippen molar-refractivity contribution in [3.05, 3.63) is 23.2 Å². The topological polar surface area (TPSA) is 89.3 Å². The number of aliphatic hydroxyl groups excluding tert-OH is 1. The monoisotopic (exact) mass is 140 g/mol. The van der Waals surface area contributed by atoms with Gasteiger partial charge in [-0.25, -0.2) is 0 Å². The maximum absolute atomic E-state index is 10.7. The Morgan fingerprint density at radius 2 is 2.00 bits per heavy atom. The second-order valence-corrected chi connectivity index (χ2v) is 2.04. The Morgan fingerprint density at radius 3 is 2.50 bits per heavy atom. The molecule has 0 saturated carbocycles. The highest BCUT2D eigenvalue weighted by atomic mass is 16.3. The predicted octanol–water partition coefficient (Wildman–Crippen LogP) is -0.470. The zero-order valence-electron chi connectivity index (χ0n) is 5.29. The summed E-state index contributed by atoms with van der Waals surface area (Å²) in [6.45, 7) is 0. The van der Waals surface area contributed by atoms with E-state index in [9.17, 15) is 4.79 Å². The van der Waals surface area contributed by atoms with Gasteiger partial charge in [-0.3, -0.25) is 4.79 Å². The minimum Gasteiger partial charge on any atom is -0.506 e. The molecule has 5 N–H and O–H groups in total. The summed E-state index contributed by atoms with van der Waals surface area (Å²) in [7, 11) is 0. The van der Waals surface area contributed by atoms with Gasteiger partial charge in [0.15, 0.2) is 5.78 Å². The average molecular weight is 140 g/mol. The van der Waals surface area contributed by atoms with Gasteiger partial charge in [0.2, 0.25) is 0 Å². The predicted molar refractivity (Wildman–Crippen MR) is 35.7 cm³/mol. The van der Waals surface area contributed by atoms with Crippen molar-refractivity contribution in [3.8, 4) is 0 Å². The van der Waals surface area contributed by atoms with E-state index in [2.05, 4.69) is 0 Å². The Bertz CT molecular complexity index is 236. The average Bonchev–Trinajstić information content (AvgIpc) is 1.93. The highest BCUT2D eigenvalue weighted by Gasteiger charge is 2.16. The van der Waals surface area contributed by atoms with Crippen LogP contribution in [0.1, 0.15) is 6.42 Å². The molecule has 1 rings (SSSR count). The molecule has 0 unspecified atom stereocenters.